The van der Waals surface area contributed by atoms with Gasteiger partial charge >= 0.3 is 0 Å². The number of aromatic nitrogens is 1. The molecule has 3 aliphatic carbocycles. The third kappa shape index (κ3) is 4.91. The summed E-state index contributed by atoms with van der Waals surface area (Å²) in [6.45, 7) is -0.227. The number of nitrogens with zero attached hydrogens (tertiary/aromatic N) is 2. The van der Waals surface area contributed by atoms with Crippen LogP contribution in [0.5, 0.6) is 5.75 Å². The lowest BCUT2D eigenvalue weighted by Gasteiger charge is -2.56. The van der Waals surface area contributed by atoms with Crippen LogP contribution in [0.3, 0.4) is 0 Å². The van der Waals surface area contributed by atoms with Crippen LogP contribution >= 0.6 is 23.2 Å². The number of nitriles is 1. The Hall–Kier alpha value is -2.86. The smallest absolute Gasteiger partial charge is 0.270 e. The highest BCUT2D eigenvalue weighted by Gasteiger charge is 2.55. The molecule has 0 radical (unpaired) electrons. The number of carbonyl (C=O) groups excluding carboxylic acids is 2. The molecule has 172 valence electrons. The highest BCUT2D eigenvalue weighted by atomic mass is 35.5. The number of pyridine rings is 1. The van der Waals surface area contributed by atoms with E-state index in [4.69, 9.17) is 33.2 Å². The first-order valence-corrected chi connectivity index (χ1v) is 11.3. The van der Waals surface area contributed by atoms with Crippen LogP contribution in [0.25, 0.3) is 0 Å². The first kappa shape index (κ1) is 23.3. The van der Waals surface area contributed by atoms with Gasteiger partial charge in [0, 0.05) is 17.8 Å². The second-order valence-electron chi connectivity index (χ2n) is 8.56. The third-order valence-corrected chi connectivity index (χ3v) is 7.21. The van der Waals surface area contributed by atoms with Gasteiger partial charge in [-0.2, -0.15) is 5.26 Å². The number of carbonyl (C=O) groups is 2. The molecule has 33 heavy (non-hydrogen) atoms. The Labute approximate surface area is 200 Å². The minimum Gasteiger partial charge on any atom is -0.484 e. The van der Waals surface area contributed by atoms with E-state index in [2.05, 4.69) is 15.6 Å². The predicted molar refractivity (Wildman–Crippen MR) is 121 cm³/mol. The predicted octanol–water partition coefficient (Wildman–Crippen LogP) is 3.00. The lowest BCUT2D eigenvalue weighted by molar-refractivity contribution is -0.132. The molecule has 0 saturated heterocycles. The van der Waals surface area contributed by atoms with Gasteiger partial charge < -0.3 is 20.5 Å². The van der Waals surface area contributed by atoms with Crippen molar-refractivity contribution in [1.82, 2.24) is 15.6 Å². The molecule has 1 atom stereocenters. The maximum Gasteiger partial charge on any atom is 0.270 e. The van der Waals surface area contributed by atoms with E-state index in [1.807, 2.05) is 6.07 Å². The molecular weight excluding hydrogens is 467 g/mol. The van der Waals surface area contributed by atoms with Crippen molar-refractivity contribution >= 4 is 35.0 Å². The SMILES string of the molecule is N#Cc1ccnc(C(=O)NC23CCC(NC(=O)COc4ccc(Cl)c(Cl)c4)(CC2)[C@@H](O)C3)c1. The summed E-state index contributed by atoms with van der Waals surface area (Å²) >= 11 is 11.8. The summed E-state index contributed by atoms with van der Waals surface area (Å²) in [6, 6.07) is 9.69. The molecule has 2 bridgehead atoms. The molecule has 3 saturated carbocycles. The molecule has 5 rings (SSSR count). The molecule has 3 N–H and O–H groups in total. The fourth-order valence-electron chi connectivity index (χ4n) is 4.62. The van der Waals surface area contributed by atoms with Crippen LogP contribution in [-0.4, -0.2) is 45.7 Å². The number of amides is 2. The fourth-order valence-corrected chi connectivity index (χ4v) is 4.91. The molecule has 2 aromatic rings. The van der Waals surface area contributed by atoms with Crippen LogP contribution in [0.15, 0.2) is 36.5 Å². The molecule has 3 aliphatic rings. The third-order valence-electron chi connectivity index (χ3n) is 6.47. The number of hydrogen-bond donors (Lipinski definition) is 3. The zero-order valence-electron chi connectivity index (χ0n) is 17.6. The molecule has 8 nitrogen and oxygen atoms in total. The van der Waals surface area contributed by atoms with Gasteiger partial charge in [0.2, 0.25) is 0 Å². The van der Waals surface area contributed by atoms with Gasteiger partial charge in [-0.15, -0.1) is 0 Å². The van der Waals surface area contributed by atoms with Crippen molar-refractivity contribution in [2.45, 2.75) is 49.3 Å². The summed E-state index contributed by atoms with van der Waals surface area (Å²) in [4.78, 5) is 29.3. The van der Waals surface area contributed by atoms with Crippen molar-refractivity contribution in [3.8, 4) is 11.8 Å². The molecular formula is C23H22Cl2N4O4. The van der Waals surface area contributed by atoms with Crippen LogP contribution in [0, 0.1) is 11.3 Å². The first-order chi connectivity index (χ1) is 15.7. The van der Waals surface area contributed by atoms with E-state index in [1.54, 1.807) is 12.1 Å². The number of nitrogens with one attached hydrogen (secondary N) is 2. The van der Waals surface area contributed by atoms with E-state index in [-0.39, 0.29) is 24.1 Å². The number of hydrogen-bond acceptors (Lipinski definition) is 6. The molecule has 0 aliphatic heterocycles. The number of fused-ring (bicyclic) bond motifs is 3. The van der Waals surface area contributed by atoms with Crippen molar-refractivity contribution in [2.24, 2.45) is 0 Å². The van der Waals surface area contributed by atoms with Crippen molar-refractivity contribution < 1.29 is 19.4 Å². The van der Waals surface area contributed by atoms with Gasteiger partial charge in [-0.05, 0) is 56.4 Å². The summed E-state index contributed by atoms with van der Waals surface area (Å²) in [5, 5.41) is 26.6. The van der Waals surface area contributed by atoms with E-state index in [1.165, 1.54) is 24.4 Å². The molecule has 0 spiro atoms. The number of rotatable bonds is 6. The monoisotopic (exact) mass is 488 g/mol. The Morgan fingerprint density at radius 1 is 1.15 bits per heavy atom. The van der Waals surface area contributed by atoms with Crippen molar-refractivity contribution in [1.29, 1.82) is 5.26 Å². The van der Waals surface area contributed by atoms with Crippen LogP contribution in [0.4, 0.5) is 0 Å². The molecule has 1 aromatic carbocycles. The summed E-state index contributed by atoms with van der Waals surface area (Å²) in [5.74, 6) is -0.315. The van der Waals surface area contributed by atoms with E-state index < -0.39 is 17.2 Å². The molecule has 3 fully saturated rings. The average Bonchev–Trinajstić information content (AvgIpc) is 2.81. The molecule has 1 aromatic heterocycles. The zero-order valence-corrected chi connectivity index (χ0v) is 19.1. The molecule has 0 unspecified atom stereocenters. The van der Waals surface area contributed by atoms with Crippen LogP contribution < -0.4 is 15.4 Å². The lowest BCUT2D eigenvalue weighted by Crippen LogP contribution is -2.70. The highest BCUT2D eigenvalue weighted by molar-refractivity contribution is 6.42. The number of halogens is 2. The Morgan fingerprint density at radius 3 is 2.58 bits per heavy atom. The van der Waals surface area contributed by atoms with Gasteiger partial charge in [-0.3, -0.25) is 14.6 Å². The normalized spacial score (nSPS) is 25.7. The number of aliphatic hydroxyl groups is 1. The van der Waals surface area contributed by atoms with Crippen molar-refractivity contribution in [2.75, 3.05) is 6.61 Å². The summed E-state index contributed by atoms with van der Waals surface area (Å²) in [5.41, 5.74) is -0.828. The van der Waals surface area contributed by atoms with Crippen molar-refractivity contribution in [3.63, 3.8) is 0 Å². The summed E-state index contributed by atoms with van der Waals surface area (Å²) in [7, 11) is 0. The van der Waals surface area contributed by atoms with Gasteiger partial charge in [0.25, 0.3) is 11.8 Å². The second-order valence-corrected chi connectivity index (χ2v) is 9.38. The Morgan fingerprint density at radius 2 is 1.91 bits per heavy atom. The topological polar surface area (TPSA) is 124 Å². The average molecular weight is 489 g/mol. The number of aliphatic hydroxyl groups excluding tert-OH is 1. The van der Waals surface area contributed by atoms with Crippen molar-refractivity contribution in [3.05, 3.63) is 57.8 Å². The van der Waals surface area contributed by atoms with E-state index >= 15 is 0 Å². The number of benzene rings is 1. The Kier molecular flexibility index (Phi) is 6.48. The van der Waals surface area contributed by atoms with Gasteiger partial charge in [0.05, 0.1) is 33.3 Å². The minimum absolute atomic E-state index is 0.160. The Bertz CT molecular complexity index is 1130. The Balaban J connectivity index is 1.35. The van der Waals surface area contributed by atoms with Gasteiger partial charge in [-0.1, -0.05) is 23.2 Å². The van der Waals surface area contributed by atoms with E-state index in [0.717, 1.165) is 0 Å². The van der Waals surface area contributed by atoms with Crippen LogP contribution in [-0.2, 0) is 4.79 Å². The van der Waals surface area contributed by atoms with Gasteiger partial charge in [0.15, 0.2) is 6.61 Å². The molecule has 10 heteroatoms. The van der Waals surface area contributed by atoms with Crippen LogP contribution in [0.2, 0.25) is 10.0 Å². The van der Waals surface area contributed by atoms with Crippen LogP contribution in [0.1, 0.15) is 48.2 Å². The molecule has 1 heterocycles. The minimum atomic E-state index is -0.826. The van der Waals surface area contributed by atoms with Gasteiger partial charge in [0.1, 0.15) is 11.4 Å². The number of ether oxygens (including phenoxy) is 1. The fraction of sp³-hybridized carbons (Fsp3) is 0.391. The van der Waals surface area contributed by atoms with E-state index in [9.17, 15) is 14.7 Å². The molecule has 2 amide bonds. The summed E-state index contributed by atoms with van der Waals surface area (Å²) in [6.07, 6.45) is 3.13. The lowest BCUT2D eigenvalue weighted by atomic mass is 9.60. The maximum absolute atomic E-state index is 12.7. The highest BCUT2D eigenvalue weighted by Crippen LogP contribution is 2.47. The van der Waals surface area contributed by atoms with Gasteiger partial charge in [-0.25, -0.2) is 0 Å². The maximum atomic E-state index is 12.7. The second kappa shape index (κ2) is 9.18. The summed E-state index contributed by atoms with van der Waals surface area (Å²) < 4.78 is 5.50. The van der Waals surface area contributed by atoms with E-state index in [0.29, 0.717) is 53.5 Å². The first-order valence-electron chi connectivity index (χ1n) is 10.5. The zero-order chi connectivity index (χ0) is 23.6. The largest absolute Gasteiger partial charge is 0.484 e. The quantitative estimate of drug-likeness (QED) is 0.573. The standard InChI is InChI=1S/C23H22Cl2N4O4/c24-16-2-1-15(10-17(16)25)33-13-20(31)28-23-6-4-22(5-7-23,11-19(23)30)29-21(32)18-9-14(12-26)3-8-27-18/h1-3,8-10,19,30H,4-7,11,13H2,(H,28,31)(H,29,32)/t19-,22?,23?/m0/s1.